The van der Waals surface area contributed by atoms with Gasteiger partial charge in [-0.25, -0.2) is 0 Å². The van der Waals surface area contributed by atoms with Crippen molar-refractivity contribution < 1.29 is 4.74 Å². The van der Waals surface area contributed by atoms with Crippen LogP contribution in [0.5, 0.6) is 5.75 Å². The number of nitrogens with one attached hydrogen (secondary N) is 1. The Morgan fingerprint density at radius 1 is 1.37 bits per heavy atom. The summed E-state index contributed by atoms with van der Waals surface area (Å²) in [5, 5.41) is 11.2. The van der Waals surface area contributed by atoms with Crippen molar-refractivity contribution in [2.45, 2.75) is 19.9 Å². The molecule has 0 saturated heterocycles. The van der Waals surface area contributed by atoms with Crippen LogP contribution in [0, 0.1) is 6.92 Å². The summed E-state index contributed by atoms with van der Waals surface area (Å²) in [6.45, 7) is 3.52. The third-order valence-corrected chi connectivity index (χ3v) is 2.85. The molecule has 102 valence electrons. The Balaban J connectivity index is 1.82. The first-order chi connectivity index (χ1) is 9.19. The van der Waals surface area contributed by atoms with Gasteiger partial charge in [0.15, 0.2) is 0 Å². The highest BCUT2D eigenvalue weighted by Gasteiger charge is 2.02. The lowest BCUT2D eigenvalue weighted by molar-refractivity contribution is 0.412. The van der Waals surface area contributed by atoms with Gasteiger partial charge in [-0.3, -0.25) is 4.98 Å². The number of ether oxygens (including phenoxy) is 1. The SMILES string of the molecule is COc1cc(C)nc(CNCCc2nncn2C)c1. The Kier molecular flexibility index (Phi) is 4.46. The maximum absolute atomic E-state index is 5.23. The third-order valence-electron chi connectivity index (χ3n) is 2.85. The van der Waals surface area contributed by atoms with Crippen molar-refractivity contribution in [1.82, 2.24) is 25.1 Å². The van der Waals surface area contributed by atoms with Gasteiger partial charge in [0.25, 0.3) is 0 Å². The maximum Gasteiger partial charge on any atom is 0.133 e. The summed E-state index contributed by atoms with van der Waals surface area (Å²) in [6, 6.07) is 3.87. The van der Waals surface area contributed by atoms with Gasteiger partial charge in [0.2, 0.25) is 0 Å². The van der Waals surface area contributed by atoms with Crippen molar-refractivity contribution in [2.24, 2.45) is 7.05 Å². The van der Waals surface area contributed by atoms with E-state index in [9.17, 15) is 0 Å². The minimum Gasteiger partial charge on any atom is -0.497 e. The van der Waals surface area contributed by atoms with Crippen molar-refractivity contribution in [3.63, 3.8) is 0 Å². The zero-order valence-electron chi connectivity index (χ0n) is 11.6. The predicted octanol–water partition coefficient (Wildman–Crippen LogP) is 0.859. The summed E-state index contributed by atoms with van der Waals surface area (Å²) in [7, 11) is 3.61. The van der Waals surface area contributed by atoms with Gasteiger partial charge in [0.1, 0.15) is 17.9 Å². The van der Waals surface area contributed by atoms with Gasteiger partial charge in [0, 0.05) is 44.4 Å². The highest BCUT2D eigenvalue weighted by atomic mass is 16.5. The summed E-state index contributed by atoms with van der Waals surface area (Å²) in [5.74, 6) is 1.82. The van der Waals surface area contributed by atoms with Crippen molar-refractivity contribution >= 4 is 0 Å². The number of nitrogens with zero attached hydrogens (tertiary/aromatic N) is 4. The molecule has 6 heteroatoms. The van der Waals surface area contributed by atoms with Crippen LogP contribution in [-0.4, -0.2) is 33.4 Å². The standard InChI is InChI=1S/C13H19N5O/c1-10-6-12(19-3)7-11(16-10)8-14-5-4-13-17-15-9-18(13)2/h6-7,9,14H,4-5,8H2,1-3H3. The summed E-state index contributed by atoms with van der Waals surface area (Å²) in [4.78, 5) is 4.46. The van der Waals surface area contributed by atoms with Gasteiger partial charge in [-0.2, -0.15) is 0 Å². The summed E-state index contributed by atoms with van der Waals surface area (Å²) in [6.07, 6.45) is 2.56. The van der Waals surface area contributed by atoms with Crippen LogP contribution in [0.2, 0.25) is 0 Å². The molecule has 0 atom stereocenters. The number of aryl methyl sites for hydroxylation is 2. The van der Waals surface area contributed by atoms with E-state index in [0.29, 0.717) is 0 Å². The van der Waals surface area contributed by atoms with Gasteiger partial charge in [-0.1, -0.05) is 0 Å². The minimum absolute atomic E-state index is 0.718. The number of hydrogen-bond donors (Lipinski definition) is 1. The van der Waals surface area contributed by atoms with E-state index in [0.717, 1.165) is 42.5 Å². The lowest BCUT2D eigenvalue weighted by Gasteiger charge is -2.07. The lowest BCUT2D eigenvalue weighted by atomic mass is 10.3. The Morgan fingerprint density at radius 3 is 2.89 bits per heavy atom. The van der Waals surface area contributed by atoms with E-state index in [1.807, 2.05) is 30.7 Å². The van der Waals surface area contributed by atoms with E-state index < -0.39 is 0 Å². The molecule has 0 fully saturated rings. The molecule has 0 spiro atoms. The molecule has 0 aliphatic heterocycles. The van der Waals surface area contributed by atoms with Crippen molar-refractivity contribution in [3.05, 3.63) is 35.7 Å². The van der Waals surface area contributed by atoms with Crippen LogP contribution in [0.1, 0.15) is 17.2 Å². The normalized spacial score (nSPS) is 10.7. The second kappa shape index (κ2) is 6.29. The largest absolute Gasteiger partial charge is 0.497 e. The van der Waals surface area contributed by atoms with Crippen LogP contribution in [0.3, 0.4) is 0 Å². The highest BCUT2D eigenvalue weighted by molar-refractivity contribution is 5.26. The molecular formula is C13H19N5O. The fourth-order valence-corrected chi connectivity index (χ4v) is 1.86. The van der Waals surface area contributed by atoms with Crippen LogP contribution >= 0.6 is 0 Å². The minimum atomic E-state index is 0.718. The third kappa shape index (κ3) is 3.75. The molecule has 0 radical (unpaired) electrons. The Morgan fingerprint density at radius 2 is 2.21 bits per heavy atom. The van der Waals surface area contributed by atoms with Crippen molar-refractivity contribution in [2.75, 3.05) is 13.7 Å². The van der Waals surface area contributed by atoms with E-state index in [-0.39, 0.29) is 0 Å². The maximum atomic E-state index is 5.23. The van der Waals surface area contributed by atoms with E-state index in [4.69, 9.17) is 4.74 Å². The fraction of sp³-hybridized carbons (Fsp3) is 0.462. The van der Waals surface area contributed by atoms with Gasteiger partial charge in [-0.15, -0.1) is 10.2 Å². The van der Waals surface area contributed by atoms with Gasteiger partial charge in [0.05, 0.1) is 12.8 Å². The van der Waals surface area contributed by atoms with E-state index in [1.54, 1.807) is 13.4 Å². The van der Waals surface area contributed by atoms with Crippen LogP contribution in [0.4, 0.5) is 0 Å². The average Bonchev–Trinajstić information content (AvgIpc) is 2.80. The smallest absolute Gasteiger partial charge is 0.133 e. The summed E-state index contributed by atoms with van der Waals surface area (Å²) < 4.78 is 7.15. The molecule has 0 amide bonds. The lowest BCUT2D eigenvalue weighted by Crippen LogP contribution is -2.19. The highest BCUT2D eigenvalue weighted by Crippen LogP contribution is 2.12. The number of methoxy groups -OCH3 is 1. The average molecular weight is 261 g/mol. The predicted molar refractivity (Wildman–Crippen MR) is 71.9 cm³/mol. The van der Waals surface area contributed by atoms with Crippen LogP contribution < -0.4 is 10.1 Å². The molecule has 0 aromatic carbocycles. The molecule has 2 aromatic rings. The van der Waals surface area contributed by atoms with Gasteiger partial charge in [-0.05, 0) is 6.92 Å². The van der Waals surface area contributed by atoms with Crippen LogP contribution in [0.15, 0.2) is 18.5 Å². The number of hydrogen-bond acceptors (Lipinski definition) is 5. The molecule has 0 bridgehead atoms. The van der Waals surface area contributed by atoms with E-state index in [2.05, 4.69) is 20.5 Å². The molecule has 0 aliphatic carbocycles. The molecule has 0 unspecified atom stereocenters. The van der Waals surface area contributed by atoms with Gasteiger partial charge < -0.3 is 14.6 Å². The molecule has 2 aromatic heterocycles. The van der Waals surface area contributed by atoms with Crippen LogP contribution in [-0.2, 0) is 20.0 Å². The monoisotopic (exact) mass is 261 g/mol. The Hall–Kier alpha value is -1.95. The zero-order chi connectivity index (χ0) is 13.7. The number of rotatable bonds is 6. The number of aromatic nitrogens is 4. The molecule has 6 nitrogen and oxygen atoms in total. The topological polar surface area (TPSA) is 64.9 Å². The van der Waals surface area contributed by atoms with Crippen molar-refractivity contribution in [3.8, 4) is 5.75 Å². The second-order valence-electron chi connectivity index (χ2n) is 4.42. The molecule has 1 N–H and O–H groups in total. The first-order valence-electron chi connectivity index (χ1n) is 6.24. The van der Waals surface area contributed by atoms with Gasteiger partial charge >= 0.3 is 0 Å². The van der Waals surface area contributed by atoms with E-state index >= 15 is 0 Å². The molecule has 0 aliphatic rings. The van der Waals surface area contributed by atoms with Crippen LogP contribution in [0.25, 0.3) is 0 Å². The molecule has 2 heterocycles. The Labute approximate surface area is 112 Å². The first kappa shape index (κ1) is 13.5. The number of pyridine rings is 1. The Bertz CT molecular complexity index is 538. The molecule has 0 saturated carbocycles. The summed E-state index contributed by atoms with van der Waals surface area (Å²) in [5.41, 5.74) is 1.94. The fourth-order valence-electron chi connectivity index (χ4n) is 1.86. The summed E-state index contributed by atoms with van der Waals surface area (Å²) >= 11 is 0. The van der Waals surface area contributed by atoms with Crippen molar-refractivity contribution in [1.29, 1.82) is 0 Å². The molecule has 19 heavy (non-hydrogen) atoms. The second-order valence-corrected chi connectivity index (χ2v) is 4.42. The molecular weight excluding hydrogens is 242 g/mol. The quantitative estimate of drug-likeness (QED) is 0.781. The first-order valence-corrected chi connectivity index (χ1v) is 6.24. The molecule has 2 rings (SSSR count). The zero-order valence-corrected chi connectivity index (χ0v) is 11.6. The van der Waals surface area contributed by atoms with E-state index in [1.165, 1.54) is 0 Å².